The molecule has 1 aromatic carbocycles. The topological polar surface area (TPSA) is 76.8 Å². The number of hydrogen-bond acceptors (Lipinski definition) is 5. The molecule has 146 valence electrons. The van der Waals surface area contributed by atoms with Crippen molar-refractivity contribution in [2.24, 2.45) is 5.92 Å². The molecule has 27 heavy (non-hydrogen) atoms. The lowest BCUT2D eigenvalue weighted by Gasteiger charge is -2.42. The summed E-state index contributed by atoms with van der Waals surface area (Å²) in [5, 5.41) is 20.0. The first-order chi connectivity index (χ1) is 12.9. The van der Waals surface area contributed by atoms with Crippen LogP contribution in [0.2, 0.25) is 0 Å². The first kappa shape index (κ1) is 19.6. The smallest absolute Gasteiger partial charge is 0.256 e. The molecule has 2 saturated heterocycles. The molecule has 0 saturated carbocycles. The fourth-order valence-electron chi connectivity index (χ4n) is 3.96. The van der Waals surface area contributed by atoms with Gasteiger partial charge in [-0.25, -0.2) is 4.39 Å². The number of hydrogen-bond donors (Lipinski definition) is 1. The van der Waals surface area contributed by atoms with E-state index < -0.39 is 11.4 Å². The van der Waals surface area contributed by atoms with Gasteiger partial charge in [-0.1, -0.05) is 0 Å². The molecule has 2 aliphatic rings. The number of likely N-dealkylation sites (tertiary alicyclic amines) is 2. The van der Waals surface area contributed by atoms with Crippen LogP contribution in [-0.4, -0.2) is 59.7 Å². The van der Waals surface area contributed by atoms with E-state index in [0.29, 0.717) is 43.8 Å². The highest BCUT2D eigenvalue weighted by Gasteiger charge is 2.43. The Balaban J connectivity index is 1.67. The van der Waals surface area contributed by atoms with Crippen molar-refractivity contribution < 1.29 is 19.0 Å². The predicted molar refractivity (Wildman–Crippen MR) is 97.3 cm³/mol. The van der Waals surface area contributed by atoms with Crippen molar-refractivity contribution in [1.82, 2.24) is 9.80 Å². The van der Waals surface area contributed by atoms with Crippen LogP contribution in [0.4, 0.5) is 4.39 Å². The molecule has 2 aliphatic heterocycles. The Morgan fingerprint density at radius 3 is 2.78 bits per heavy atom. The number of amides is 1. The Morgan fingerprint density at radius 2 is 2.11 bits per heavy atom. The van der Waals surface area contributed by atoms with E-state index in [4.69, 9.17) is 10.00 Å². The van der Waals surface area contributed by atoms with Crippen LogP contribution in [0.15, 0.2) is 18.2 Å². The second-order valence-electron chi connectivity index (χ2n) is 7.50. The van der Waals surface area contributed by atoms with Crippen LogP contribution >= 0.6 is 0 Å². The molecule has 1 amide bonds. The molecule has 3 rings (SSSR count). The highest BCUT2D eigenvalue weighted by atomic mass is 19.1. The zero-order chi connectivity index (χ0) is 19.4. The second-order valence-corrected chi connectivity index (χ2v) is 7.50. The third-order valence-corrected chi connectivity index (χ3v) is 5.57. The minimum Gasteiger partial charge on any atom is -0.497 e. The number of aliphatic hydroxyl groups is 1. The summed E-state index contributed by atoms with van der Waals surface area (Å²) in [5.41, 5.74) is -1.07. The summed E-state index contributed by atoms with van der Waals surface area (Å²) in [5.74, 6) is -0.147. The lowest BCUT2D eigenvalue weighted by molar-refractivity contribution is -0.160. The van der Waals surface area contributed by atoms with Crippen LogP contribution in [-0.2, 0) is 11.3 Å². The van der Waals surface area contributed by atoms with Crippen LogP contribution in [0.1, 0.15) is 31.2 Å². The van der Waals surface area contributed by atoms with Gasteiger partial charge in [-0.3, -0.25) is 9.69 Å². The minimum absolute atomic E-state index is 0.0606. The number of ether oxygens (including phenoxy) is 1. The summed E-state index contributed by atoms with van der Waals surface area (Å²) in [6, 6.07) is 6.74. The van der Waals surface area contributed by atoms with Crippen LogP contribution < -0.4 is 4.74 Å². The van der Waals surface area contributed by atoms with Crippen LogP contribution in [0.5, 0.6) is 5.75 Å². The summed E-state index contributed by atoms with van der Waals surface area (Å²) >= 11 is 0. The molecule has 2 fully saturated rings. The Labute approximate surface area is 159 Å². The average molecular weight is 375 g/mol. The molecular formula is C20H26FN3O3. The van der Waals surface area contributed by atoms with E-state index in [1.807, 2.05) is 0 Å². The fraction of sp³-hybridized carbons (Fsp3) is 0.600. The number of halogens is 1. The molecular weight excluding hydrogens is 349 g/mol. The Bertz CT molecular complexity index is 728. The molecule has 0 aromatic heterocycles. The van der Waals surface area contributed by atoms with Gasteiger partial charge in [-0.05, 0) is 57.0 Å². The van der Waals surface area contributed by atoms with Crippen molar-refractivity contribution in [2.45, 2.75) is 37.8 Å². The van der Waals surface area contributed by atoms with Gasteiger partial charge in [0.2, 0.25) is 0 Å². The largest absolute Gasteiger partial charge is 0.497 e. The maximum atomic E-state index is 14.1. The zero-order valence-electron chi connectivity index (χ0n) is 15.7. The van der Waals surface area contributed by atoms with Gasteiger partial charge in [0.05, 0.1) is 13.2 Å². The van der Waals surface area contributed by atoms with Gasteiger partial charge in [0.25, 0.3) is 5.91 Å². The van der Waals surface area contributed by atoms with E-state index in [9.17, 15) is 14.3 Å². The zero-order valence-corrected chi connectivity index (χ0v) is 15.7. The molecule has 1 aromatic rings. The third-order valence-electron chi connectivity index (χ3n) is 5.57. The number of piperidine rings is 2. The summed E-state index contributed by atoms with van der Waals surface area (Å²) in [6.45, 7) is 2.28. The monoisotopic (exact) mass is 375 g/mol. The van der Waals surface area contributed by atoms with Gasteiger partial charge < -0.3 is 14.7 Å². The normalized spacial score (nSPS) is 24.7. The maximum Gasteiger partial charge on any atom is 0.256 e. The average Bonchev–Trinajstić information content (AvgIpc) is 2.68. The maximum absolute atomic E-state index is 14.1. The third kappa shape index (κ3) is 4.40. The summed E-state index contributed by atoms with van der Waals surface area (Å²) in [4.78, 5) is 16.5. The Morgan fingerprint density at radius 1 is 1.37 bits per heavy atom. The van der Waals surface area contributed by atoms with Gasteiger partial charge in [0.1, 0.15) is 11.6 Å². The fourth-order valence-corrected chi connectivity index (χ4v) is 3.96. The Kier molecular flexibility index (Phi) is 5.98. The highest BCUT2D eigenvalue weighted by molar-refractivity contribution is 5.86. The van der Waals surface area contributed by atoms with Crippen molar-refractivity contribution in [3.05, 3.63) is 29.6 Å². The van der Waals surface area contributed by atoms with Gasteiger partial charge in [0, 0.05) is 31.1 Å². The highest BCUT2D eigenvalue weighted by Crippen LogP contribution is 2.28. The van der Waals surface area contributed by atoms with Crippen LogP contribution in [0.25, 0.3) is 0 Å². The number of β-amino-alcohol motifs (C(OH)–C–C–N with tert-alkyl or cyclic N) is 1. The summed E-state index contributed by atoms with van der Waals surface area (Å²) in [7, 11) is 1.51. The number of nitriles is 1. The van der Waals surface area contributed by atoms with E-state index in [-0.39, 0.29) is 24.9 Å². The van der Waals surface area contributed by atoms with Gasteiger partial charge in [-0.15, -0.1) is 0 Å². The van der Waals surface area contributed by atoms with E-state index in [1.165, 1.54) is 24.1 Å². The van der Waals surface area contributed by atoms with Crippen molar-refractivity contribution in [2.75, 3.05) is 33.3 Å². The summed E-state index contributed by atoms with van der Waals surface area (Å²) in [6.07, 6.45) is 2.60. The number of carbonyl (C=O) groups is 1. The van der Waals surface area contributed by atoms with Crippen molar-refractivity contribution in [3.63, 3.8) is 0 Å². The molecule has 0 spiro atoms. The van der Waals surface area contributed by atoms with E-state index in [2.05, 4.69) is 11.0 Å². The molecule has 1 atom stereocenters. The van der Waals surface area contributed by atoms with E-state index in [0.717, 1.165) is 12.8 Å². The molecule has 0 radical (unpaired) electrons. The van der Waals surface area contributed by atoms with E-state index in [1.54, 1.807) is 6.07 Å². The number of carbonyl (C=O) groups excluding carboxylic acids is 1. The first-order valence-corrected chi connectivity index (χ1v) is 9.41. The van der Waals surface area contributed by atoms with Crippen molar-refractivity contribution in [3.8, 4) is 11.8 Å². The number of methoxy groups -OCH3 is 1. The van der Waals surface area contributed by atoms with E-state index >= 15 is 0 Å². The molecule has 0 aliphatic carbocycles. The van der Waals surface area contributed by atoms with Crippen LogP contribution in [0, 0.1) is 23.1 Å². The van der Waals surface area contributed by atoms with Gasteiger partial charge in [-0.2, -0.15) is 5.26 Å². The second kappa shape index (κ2) is 8.24. The molecule has 6 nitrogen and oxygen atoms in total. The number of rotatable bonds is 5. The lowest BCUT2D eigenvalue weighted by Crippen LogP contribution is -2.59. The first-order valence-electron chi connectivity index (χ1n) is 9.41. The van der Waals surface area contributed by atoms with Crippen molar-refractivity contribution in [1.29, 1.82) is 5.26 Å². The lowest BCUT2D eigenvalue weighted by atomic mass is 9.89. The standard InChI is InChI=1S/C20H26FN3O3/c1-27-17-3-4-18(21)16(11-17)13-24-8-2-7-20(26,19(24)25)14-23-9-5-15(12-22)6-10-23/h3-4,11,15,26H,2,5-10,13-14H2,1H3. The number of nitrogens with zero attached hydrogens (tertiary/aromatic N) is 3. The van der Waals surface area contributed by atoms with Gasteiger partial charge in [0.15, 0.2) is 5.60 Å². The van der Waals surface area contributed by atoms with Gasteiger partial charge >= 0.3 is 0 Å². The minimum atomic E-state index is -1.45. The molecule has 0 bridgehead atoms. The quantitative estimate of drug-likeness (QED) is 0.851. The Hall–Kier alpha value is -2.17. The van der Waals surface area contributed by atoms with Crippen LogP contribution in [0.3, 0.4) is 0 Å². The number of benzene rings is 1. The van der Waals surface area contributed by atoms with Crippen molar-refractivity contribution >= 4 is 5.91 Å². The molecule has 7 heteroatoms. The predicted octanol–water partition coefficient (Wildman–Crippen LogP) is 1.92. The molecule has 2 heterocycles. The SMILES string of the molecule is COc1ccc(F)c(CN2CCCC(O)(CN3CCC(C#N)CC3)C2=O)c1. The summed E-state index contributed by atoms with van der Waals surface area (Å²) < 4.78 is 19.3. The molecule has 1 unspecified atom stereocenters. The molecule has 1 N–H and O–H groups in total.